The van der Waals surface area contributed by atoms with Gasteiger partial charge in [-0.25, -0.2) is 0 Å². The van der Waals surface area contributed by atoms with E-state index in [-0.39, 0.29) is 78.9 Å². The molecule has 0 radical (unpaired) electrons. The molecule has 0 aromatic heterocycles. The molecule has 4 saturated carbocycles. The number of carboxylic acids is 1. The molecule has 5 fully saturated rings. The lowest BCUT2D eigenvalue weighted by atomic mass is 9.31. The van der Waals surface area contributed by atoms with Gasteiger partial charge in [0.05, 0.1) is 37.4 Å². The maximum atomic E-state index is 13.5. The van der Waals surface area contributed by atoms with Gasteiger partial charge in [-0.3, -0.25) is 4.79 Å². The van der Waals surface area contributed by atoms with Crippen LogP contribution in [-0.2, 0) is 32.2 Å². The van der Waals surface area contributed by atoms with Crippen LogP contribution >= 0.6 is 0 Å². The van der Waals surface area contributed by atoms with Gasteiger partial charge >= 0.3 is 5.97 Å². The van der Waals surface area contributed by atoms with Gasteiger partial charge in [0.1, 0.15) is 18.3 Å². The zero-order valence-corrected chi connectivity index (χ0v) is 38.3. The fourth-order valence-corrected chi connectivity index (χ4v) is 14.8. The number of hydrogen-bond acceptors (Lipinski definition) is 12. The Kier molecular flexibility index (Phi) is 13.9. The predicted octanol–water partition coefficient (Wildman–Crippen LogP) is 4.00. The first-order chi connectivity index (χ1) is 29.3. The summed E-state index contributed by atoms with van der Waals surface area (Å²) in [6, 6.07) is 8.25. The molecule has 1 aromatic carbocycles. The SMILES string of the molecule is CNCc1ccc(CO[C@@H]2C[C@@]3(C)[C@H](CC[C@]4(C)[C@@H]3[C@H](C[C@@H](CO)CNC)C=C3[C@@H]5C[C@@](C)(CO)CC[C@]5(C(=O)O)CC[C@]34C)[C@](C)(CO)[C@@H]2O[C@@H]2OC[C@@H](O)[C@H](O)[C@H]2O)cc1. The third-order valence-electron chi connectivity index (χ3n) is 18.4. The van der Waals surface area contributed by atoms with E-state index in [2.05, 4.69) is 75.6 Å². The number of rotatable bonds is 15. The minimum absolute atomic E-state index is 0.000187. The van der Waals surface area contributed by atoms with E-state index in [0.29, 0.717) is 45.1 Å². The van der Waals surface area contributed by atoms with Gasteiger partial charge in [-0.1, -0.05) is 70.5 Å². The van der Waals surface area contributed by atoms with Crippen molar-refractivity contribution in [3.63, 3.8) is 0 Å². The van der Waals surface area contributed by atoms with Crippen LogP contribution in [0, 0.1) is 62.1 Å². The number of aliphatic hydroxyl groups excluding tert-OH is 6. The summed E-state index contributed by atoms with van der Waals surface area (Å²) >= 11 is 0. The maximum absolute atomic E-state index is 13.5. The van der Waals surface area contributed by atoms with E-state index < -0.39 is 59.0 Å². The number of nitrogens with one attached hydrogen (secondary N) is 2. The summed E-state index contributed by atoms with van der Waals surface area (Å²) in [4.78, 5) is 13.5. The lowest BCUT2D eigenvalue weighted by Gasteiger charge is -2.73. The monoisotopic (exact) mass is 871 g/mol. The highest BCUT2D eigenvalue weighted by Crippen LogP contribution is 2.77. The molecule has 1 saturated heterocycles. The number of fused-ring (bicyclic) bond motifs is 7. The normalized spacial score (nSPS) is 45.8. The maximum Gasteiger partial charge on any atom is 0.310 e. The van der Waals surface area contributed by atoms with Crippen LogP contribution in [0.25, 0.3) is 0 Å². The van der Waals surface area contributed by atoms with Crippen molar-refractivity contribution < 1.29 is 54.8 Å². The van der Waals surface area contributed by atoms with Crippen LogP contribution in [0.3, 0.4) is 0 Å². The molecular formula is C49H78N2O11. The van der Waals surface area contributed by atoms with Crippen molar-refractivity contribution >= 4 is 5.97 Å². The zero-order valence-electron chi connectivity index (χ0n) is 38.3. The van der Waals surface area contributed by atoms with Crippen molar-refractivity contribution in [3.8, 4) is 0 Å². The first-order valence-electron chi connectivity index (χ1n) is 23.4. The topological polar surface area (TPSA) is 210 Å². The summed E-state index contributed by atoms with van der Waals surface area (Å²) in [7, 11) is 3.81. The number of allylic oxidation sites excluding steroid dienone is 2. The second-order valence-electron chi connectivity index (χ2n) is 22.0. The highest BCUT2D eigenvalue weighted by atomic mass is 16.7. The molecule has 17 atom stereocenters. The number of benzene rings is 1. The Hall–Kier alpha value is -2.01. The third-order valence-corrected chi connectivity index (χ3v) is 18.4. The minimum atomic E-state index is -1.52. The smallest absolute Gasteiger partial charge is 0.310 e. The van der Waals surface area contributed by atoms with Gasteiger partial charge in [-0.15, -0.1) is 0 Å². The second kappa shape index (κ2) is 18.0. The first kappa shape index (κ1) is 47.9. The fraction of sp³-hybridized carbons (Fsp3) is 0.816. The number of carboxylic acid groups (broad SMARTS) is 1. The Morgan fingerprint density at radius 3 is 2.21 bits per heavy atom. The lowest BCUT2D eigenvalue weighted by Crippen LogP contribution is -2.70. The molecule has 5 aliphatic carbocycles. The van der Waals surface area contributed by atoms with Crippen molar-refractivity contribution in [2.75, 3.05) is 47.1 Å². The minimum Gasteiger partial charge on any atom is -0.481 e. The summed E-state index contributed by atoms with van der Waals surface area (Å²) in [6.07, 6.45) is 1.52. The van der Waals surface area contributed by atoms with Crippen molar-refractivity contribution in [3.05, 3.63) is 47.0 Å². The molecule has 0 bridgehead atoms. The van der Waals surface area contributed by atoms with Crippen LogP contribution in [0.4, 0.5) is 0 Å². The van der Waals surface area contributed by atoms with E-state index in [0.717, 1.165) is 36.9 Å². The molecule has 13 nitrogen and oxygen atoms in total. The van der Waals surface area contributed by atoms with Crippen molar-refractivity contribution in [1.29, 1.82) is 0 Å². The van der Waals surface area contributed by atoms with Crippen LogP contribution in [0.15, 0.2) is 35.9 Å². The molecule has 6 aliphatic rings. The molecule has 9 N–H and O–H groups in total. The molecule has 62 heavy (non-hydrogen) atoms. The Balaban J connectivity index is 1.35. The van der Waals surface area contributed by atoms with Gasteiger partial charge < -0.3 is 60.6 Å². The highest BCUT2D eigenvalue weighted by molar-refractivity contribution is 5.76. The number of hydrogen-bond donors (Lipinski definition) is 9. The first-order valence-corrected chi connectivity index (χ1v) is 23.4. The zero-order chi connectivity index (χ0) is 45.0. The molecule has 7 rings (SSSR count). The third kappa shape index (κ3) is 7.84. The molecule has 1 aromatic rings. The van der Waals surface area contributed by atoms with E-state index >= 15 is 0 Å². The largest absolute Gasteiger partial charge is 0.481 e. The summed E-state index contributed by atoms with van der Waals surface area (Å²) < 4.78 is 19.7. The summed E-state index contributed by atoms with van der Waals surface area (Å²) in [6.45, 7) is 12.5. The number of aliphatic hydroxyl groups is 6. The van der Waals surface area contributed by atoms with E-state index in [4.69, 9.17) is 14.2 Å². The lowest BCUT2D eigenvalue weighted by molar-refractivity contribution is -0.334. The van der Waals surface area contributed by atoms with Crippen LogP contribution in [-0.4, -0.2) is 126 Å². The number of ether oxygens (including phenoxy) is 3. The fourth-order valence-electron chi connectivity index (χ4n) is 14.8. The predicted molar refractivity (Wildman–Crippen MR) is 233 cm³/mol. The second-order valence-corrected chi connectivity index (χ2v) is 22.0. The summed E-state index contributed by atoms with van der Waals surface area (Å²) in [5.41, 5.74) is 0.00613. The van der Waals surface area contributed by atoms with Gasteiger partial charge in [-0.2, -0.15) is 0 Å². The summed E-state index contributed by atoms with van der Waals surface area (Å²) in [5, 5.41) is 83.1. The van der Waals surface area contributed by atoms with Crippen molar-refractivity contribution in [2.45, 2.75) is 142 Å². The Morgan fingerprint density at radius 1 is 0.887 bits per heavy atom. The number of aliphatic carboxylic acids is 1. The van der Waals surface area contributed by atoms with Crippen LogP contribution in [0.2, 0.25) is 0 Å². The quantitative estimate of drug-likeness (QED) is 0.0904. The van der Waals surface area contributed by atoms with Crippen LogP contribution in [0.5, 0.6) is 0 Å². The molecule has 0 spiro atoms. The van der Waals surface area contributed by atoms with Gasteiger partial charge in [0, 0.05) is 25.2 Å². The molecule has 1 aliphatic heterocycles. The molecular weight excluding hydrogens is 793 g/mol. The Bertz CT molecular complexity index is 1760. The van der Waals surface area contributed by atoms with E-state index in [1.165, 1.54) is 5.57 Å². The van der Waals surface area contributed by atoms with Crippen molar-refractivity contribution in [1.82, 2.24) is 10.6 Å². The van der Waals surface area contributed by atoms with Crippen molar-refractivity contribution in [2.24, 2.45) is 62.1 Å². The van der Waals surface area contributed by atoms with Gasteiger partial charge in [0.15, 0.2) is 6.29 Å². The molecule has 13 heteroatoms. The Labute approximate surface area is 369 Å². The number of carbonyl (C=O) groups is 1. The van der Waals surface area contributed by atoms with E-state index in [9.17, 15) is 40.5 Å². The molecule has 0 amide bonds. The standard InChI is InChI=1S/C49H78N2O11/c1-44(27-53)14-16-49(43(58)59)17-15-47(4)33(34(49)20-44)19-32(18-31(24-52)23-51-7)40-45(2)21-36(60-25-30-10-8-29(9-11-30)22-50-6)41(62-42-39(57)38(56)35(55)26-61-42)46(3,28-54)37(45)12-13-48(40,47)5/h8-11,19,31-32,34-42,50-57H,12-18,20-28H2,1-7H3,(H,58,59)/t31-,32-,34+,35-,36-,37+,38+,39-,40-,41-,42+,44+,45+,46+,47-,48-,49+/m1/s1. The average molecular weight is 871 g/mol. The Morgan fingerprint density at radius 2 is 1.58 bits per heavy atom. The molecule has 1 heterocycles. The van der Waals surface area contributed by atoms with E-state index in [1.807, 2.05) is 14.1 Å². The van der Waals surface area contributed by atoms with Crippen LogP contribution < -0.4 is 10.6 Å². The average Bonchev–Trinajstić information content (AvgIpc) is 3.24. The highest BCUT2D eigenvalue weighted by Gasteiger charge is 2.73. The van der Waals surface area contributed by atoms with E-state index in [1.54, 1.807) is 0 Å². The summed E-state index contributed by atoms with van der Waals surface area (Å²) in [5.74, 6) is -1.14. The van der Waals surface area contributed by atoms with Gasteiger partial charge in [0.2, 0.25) is 0 Å². The van der Waals surface area contributed by atoms with Gasteiger partial charge in [-0.05, 0) is 141 Å². The van der Waals surface area contributed by atoms with Crippen LogP contribution in [0.1, 0.15) is 104 Å². The molecule has 350 valence electrons. The molecule has 0 unspecified atom stereocenters. The van der Waals surface area contributed by atoms with Gasteiger partial charge in [0.25, 0.3) is 0 Å².